The zero-order valence-corrected chi connectivity index (χ0v) is 8.33. The Balaban J connectivity index is 2.46. The predicted molar refractivity (Wildman–Crippen MR) is 50.0 cm³/mol. The number of aromatic nitrogens is 2. The Morgan fingerprint density at radius 2 is 2.43 bits per heavy atom. The van der Waals surface area contributed by atoms with E-state index in [9.17, 15) is 4.79 Å². The highest BCUT2D eigenvalue weighted by Crippen LogP contribution is 2.17. The van der Waals surface area contributed by atoms with Crippen LogP contribution in [0.15, 0.2) is 0 Å². The van der Waals surface area contributed by atoms with E-state index < -0.39 is 0 Å². The van der Waals surface area contributed by atoms with Crippen LogP contribution in [-0.2, 0) is 24.8 Å². The van der Waals surface area contributed by atoms with Crippen LogP contribution in [0.3, 0.4) is 0 Å². The molecule has 14 heavy (non-hydrogen) atoms. The lowest BCUT2D eigenvalue weighted by atomic mass is 10.1. The smallest absolute Gasteiger partial charge is 0.358 e. The number of methoxy groups -OCH3 is 1. The zero-order valence-electron chi connectivity index (χ0n) is 8.33. The number of hydrogen-bond acceptors (Lipinski definition) is 4. The number of hydrogen-bond donors (Lipinski definition) is 1. The van der Waals surface area contributed by atoms with Crippen molar-refractivity contribution >= 4 is 5.97 Å². The standard InChI is InChI=1S/C9H13N3O2/c1-12-7-3-4-10-5-6(7)8(11-12)9(13)14-2/h10H,3-5H2,1-2H3. The van der Waals surface area contributed by atoms with Crippen molar-refractivity contribution in [2.75, 3.05) is 13.7 Å². The molecule has 0 spiro atoms. The molecule has 0 saturated carbocycles. The Kier molecular flexibility index (Phi) is 2.25. The molecule has 0 unspecified atom stereocenters. The third kappa shape index (κ3) is 1.29. The number of rotatable bonds is 1. The molecule has 0 atom stereocenters. The van der Waals surface area contributed by atoms with Gasteiger partial charge in [-0.05, 0) is 0 Å². The molecule has 0 radical (unpaired) electrons. The fraction of sp³-hybridized carbons (Fsp3) is 0.556. The molecule has 0 aromatic carbocycles. The van der Waals surface area contributed by atoms with Crippen LogP contribution in [0.5, 0.6) is 0 Å². The molecule has 0 saturated heterocycles. The van der Waals surface area contributed by atoms with E-state index in [1.807, 2.05) is 7.05 Å². The molecule has 76 valence electrons. The Hall–Kier alpha value is -1.36. The fourth-order valence-electron chi connectivity index (χ4n) is 1.78. The molecule has 1 N–H and O–H groups in total. The van der Waals surface area contributed by atoms with Gasteiger partial charge in [-0.2, -0.15) is 5.10 Å². The lowest BCUT2D eigenvalue weighted by Gasteiger charge is -2.13. The van der Waals surface area contributed by atoms with Gasteiger partial charge in [0.15, 0.2) is 5.69 Å². The third-order valence-corrected chi connectivity index (χ3v) is 2.49. The first-order valence-electron chi connectivity index (χ1n) is 4.58. The first-order valence-corrected chi connectivity index (χ1v) is 4.58. The van der Waals surface area contributed by atoms with E-state index in [0.717, 1.165) is 24.2 Å². The highest BCUT2D eigenvalue weighted by molar-refractivity contribution is 5.89. The van der Waals surface area contributed by atoms with E-state index in [2.05, 4.69) is 15.2 Å². The van der Waals surface area contributed by atoms with Gasteiger partial charge in [-0.25, -0.2) is 4.79 Å². The number of esters is 1. The number of ether oxygens (including phenoxy) is 1. The SMILES string of the molecule is COC(=O)c1nn(C)c2c1CNCC2. The number of nitrogens with zero attached hydrogens (tertiary/aromatic N) is 2. The zero-order chi connectivity index (χ0) is 10.1. The lowest BCUT2D eigenvalue weighted by molar-refractivity contribution is 0.0591. The second-order valence-corrected chi connectivity index (χ2v) is 3.32. The molecule has 1 aromatic rings. The normalized spacial score (nSPS) is 15.0. The van der Waals surface area contributed by atoms with Crippen LogP contribution >= 0.6 is 0 Å². The summed E-state index contributed by atoms with van der Waals surface area (Å²) in [5.74, 6) is -0.356. The first kappa shape index (κ1) is 9.21. The summed E-state index contributed by atoms with van der Waals surface area (Å²) in [6.45, 7) is 1.64. The summed E-state index contributed by atoms with van der Waals surface area (Å²) >= 11 is 0. The molecule has 0 bridgehead atoms. The van der Waals surface area contributed by atoms with Crippen molar-refractivity contribution in [3.63, 3.8) is 0 Å². The van der Waals surface area contributed by atoms with E-state index in [4.69, 9.17) is 0 Å². The van der Waals surface area contributed by atoms with Gasteiger partial charge >= 0.3 is 5.97 Å². The van der Waals surface area contributed by atoms with Crippen LogP contribution in [0, 0.1) is 0 Å². The summed E-state index contributed by atoms with van der Waals surface area (Å²) in [6.07, 6.45) is 0.913. The molecule has 1 aromatic heterocycles. The van der Waals surface area contributed by atoms with E-state index in [-0.39, 0.29) is 5.97 Å². The van der Waals surface area contributed by atoms with Crippen LogP contribution in [0.4, 0.5) is 0 Å². The average molecular weight is 195 g/mol. The minimum absolute atomic E-state index is 0.356. The molecule has 0 fully saturated rings. The molecule has 5 heteroatoms. The van der Waals surface area contributed by atoms with Gasteiger partial charge in [0, 0.05) is 37.8 Å². The van der Waals surface area contributed by atoms with Crippen LogP contribution in [0.2, 0.25) is 0 Å². The highest BCUT2D eigenvalue weighted by Gasteiger charge is 2.23. The Morgan fingerprint density at radius 3 is 3.14 bits per heavy atom. The molecule has 0 amide bonds. The van der Waals surface area contributed by atoms with Crippen LogP contribution in [0.25, 0.3) is 0 Å². The Labute approximate surface area is 82.0 Å². The summed E-state index contributed by atoms with van der Waals surface area (Å²) in [4.78, 5) is 11.4. The quantitative estimate of drug-likeness (QED) is 0.633. The maximum Gasteiger partial charge on any atom is 0.358 e. The summed E-state index contributed by atoms with van der Waals surface area (Å²) in [7, 11) is 3.23. The van der Waals surface area contributed by atoms with Crippen molar-refractivity contribution < 1.29 is 9.53 Å². The van der Waals surface area contributed by atoms with Crippen molar-refractivity contribution in [1.29, 1.82) is 0 Å². The highest BCUT2D eigenvalue weighted by atomic mass is 16.5. The molecule has 2 heterocycles. The van der Waals surface area contributed by atoms with E-state index in [0.29, 0.717) is 12.2 Å². The van der Waals surface area contributed by atoms with Gasteiger partial charge in [0.1, 0.15) is 0 Å². The van der Waals surface area contributed by atoms with E-state index in [1.165, 1.54) is 7.11 Å². The van der Waals surface area contributed by atoms with Crippen LogP contribution < -0.4 is 5.32 Å². The topological polar surface area (TPSA) is 56.1 Å². The van der Waals surface area contributed by atoms with Gasteiger partial charge in [0.25, 0.3) is 0 Å². The number of carbonyl (C=O) groups excluding carboxylic acids is 1. The average Bonchev–Trinajstić information content (AvgIpc) is 2.56. The van der Waals surface area contributed by atoms with Crippen molar-refractivity contribution in [1.82, 2.24) is 15.1 Å². The number of nitrogens with one attached hydrogen (secondary N) is 1. The van der Waals surface area contributed by atoms with Gasteiger partial charge in [-0.1, -0.05) is 0 Å². The van der Waals surface area contributed by atoms with Crippen molar-refractivity contribution in [2.24, 2.45) is 7.05 Å². The number of fused-ring (bicyclic) bond motifs is 1. The Morgan fingerprint density at radius 1 is 1.64 bits per heavy atom. The first-order chi connectivity index (χ1) is 6.74. The molecule has 2 rings (SSSR count). The fourth-order valence-corrected chi connectivity index (χ4v) is 1.78. The molecular weight excluding hydrogens is 182 g/mol. The second-order valence-electron chi connectivity index (χ2n) is 3.32. The van der Waals surface area contributed by atoms with E-state index >= 15 is 0 Å². The van der Waals surface area contributed by atoms with Crippen molar-refractivity contribution in [3.05, 3.63) is 17.0 Å². The molecule has 1 aliphatic rings. The third-order valence-electron chi connectivity index (χ3n) is 2.49. The largest absolute Gasteiger partial charge is 0.464 e. The molecule has 5 nitrogen and oxygen atoms in total. The monoisotopic (exact) mass is 195 g/mol. The number of carbonyl (C=O) groups is 1. The maximum atomic E-state index is 11.4. The second kappa shape index (κ2) is 3.42. The minimum atomic E-state index is -0.356. The van der Waals surface area contributed by atoms with Crippen LogP contribution in [0.1, 0.15) is 21.7 Å². The van der Waals surface area contributed by atoms with Crippen molar-refractivity contribution in [2.45, 2.75) is 13.0 Å². The minimum Gasteiger partial charge on any atom is -0.464 e. The summed E-state index contributed by atoms with van der Waals surface area (Å²) < 4.78 is 6.44. The van der Waals surface area contributed by atoms with Gasteiger partial charge < -0.3 is 10.1 Å². The predicted octanol–water partition coefficient (Wildman–Crippen LogP) is -0.148. The van der Waals surface area contributed by atoms with Gasteiger partial charge in [0.2, 0.25) is 0 Å². The van der Waals surface area contributed by atoms with Gasteiger partial charge in [-0.3, -0.25) is 4.68 Å². The molecular formula is C9H13N3O2. The molecule has 0 aliphatic carbocycles. The van der Waals surface area contributed by atoms with Gasteiger partial charge in [0.05, 0.1) is 7.11 Å². The lowest BCUT2D eigenvalue weighted by Crippen LogP contribution is -2.25. The van der Waals surface area contributed by atoms with E-state index in [1.54, 1.807) is 4.68 Å². The Bertz CT molecular complexity index is 370. The molecule has 1 aliphatic heterocycles. The van der Waals surface area contributed by atoms with Gasteiger partial charge in [-0.15, -0.1) is 0 Å². The van der Waals surface area contributed by atoms with Crippen LogP contribution in [-0.4, -0.2) is 29.4 Å². The summed E-state index contributed by atoms with van der Waals surface area (Å²) in [5, 5.41) is 7.38. The summed E-state index contributed by atoms with van der Waals surface area (Å²) in [6, 6.07) is 0. The summed E-state index contributed by atoms with van der Waals surface area (Å²) in [5.41, 5.74) is 2.55. The maximum absolute atomic E-state index is 11.4. The van der Waals surface area contributed by atoms with Crippen molar-refractivity contribution in [3.8, 4) is 0 Å². The number of aryl methyl sites for hydroxylation is 1.